The molecule has 0 spiro atoms. The molecule has 0 aliphatic heterocycles. The zero-order chi connectivity index (χ0) is 13.6. The van der Waals surface area contributed by atoms with Gasteiger partial charge < -0.3 is 19.0 Å². The van der Waals surface area contributed by atoms with E-state index in [-0.39, 0.29) is 6.10 Å². The minimum atomic E-state index is -0.737. The van der Waals surface area contributed by atoms with Crippen LogP contribution in [0.5, 0.6) is 0 Å². The highest BCUT2D eigenvalue weighted by Crippen LogP contribution is 2.35. The van der Waals surface area contributed by atoms with E-state index in [1.165, 1.54) is 0 Å². The summed E-state index contributed by atoms with van der Waals surface area (Å²) in [6.45, 7) is 7.32. The van der Waals surface area contributed by atoms with Gasteiger partial charge in [0, 0.05) is 6.61 Å². The molecular weight excluding hydrogens is 347 g/mol. The molecule has 1 rings (SSSR count). The van der Waals surface area contributed by atoms with Crippen LogP contribution >= 0.6 is 22.6 Å². The van der Waals surface area contributed by atoms with Gasteiger partial charge in [0.1, 0.15) is 15.8 Å². The second-order valence-electron chi connectivity index (χ2n) is 3.73. The van der Waals surface area contributed by atoms with Crippen LogP contribution in [0.3, 0.4) is 0 Å². The van der Waals surface area contributed by atoms with Gasteiger partial charge in [-0.2, -0.15) is 0 Å². The third-order valence-electron chi connectivity index (χ3n) is 2.46. The molecule has 0 aromatic carbocycles. The molecule has 18 heavy (non-hydrogen) atoms. The second-order valence-corrected chi connectivity index (χ2v) is 5.60. The van der Waals surface area contributed by atoms with Gasteiger partial charge in [-0.15, -0.1) is 0 Å². The van der Waals surface area contributed by atoms with Gasteiger partial charge in [-0.05, 0) is 32.9 Å². The van der Waals surface area contributed by atoms with Crippen molar-refractivity contribution in [2.24, 2.45) is 0 Å². The maximum atomic E-state index is 11.3. The largest absolute Gasteiger partial charge is 0.490 e. The monoisotopic (exact) mass is 366 g/mol. The maximum absolute atomic E-state index is 11.3. The summed E-state index contributed by atoms with van der Waals surface area (Å²) in [7, 11) is 0. The molecule has 0 N–H and O–H groups in total. The fraction of sp³-hybridized carbons (Fsp3) is 0.615. The van der Waals surface area contributed by atoms with Crippen molar-refractivity contribution in [3.05, 3.63) is 23.7 Å². The predicted molar refractivity (Wildman–Crippen MR) is 77.6 cm³/mol. The minimum absolute atomic E-state index is 0.327. The van der Waals surface area contributed by atoms with E-state index in [0.29, 0.717) is 31.3 Å². The Morgan fingerprint density at radius 3 is 2.33 bits per heavy atom. The molecule has 0 amide bonds. The summed E-state index contributed by atoms with van der Waals surface area (Å²) < 4.78 is 15.9. The van der Waals surface area contributed by atoms with Crippen molar-refractivity contribution in [1.82, 2.24) is 0 Å². The smallest absolute Gasteiger partial charge is 0.159 e. The van der Waals surface area contributed by atoms with Crippen LogP contribution in [0.1, 0.15) is 20.8 Å². The number of carbonyl (C=O) groups excluding carboxylic acids is 1. The minimum Gasteiger partial charge on any atom is -0.490 e. The number of hydrogen-bond donors (Lipinski definition) is 0. The van der Waals surface area contributed by atoms with Gasteiger partial charge in [0.25, 0.3) is 0 Å². The Bertz CT molecular complexity index is 351. The Kier molecular flexibility index (Phi) is 6.14. The highest BCUT2D eigenvalue weighted by molar-refractivity contribution is 14.1. The molecule has 0 bridgehead atoms. The van der Waals surface area contributed by atoms with Crippen LogP contribution < -0.4 is 0 Å². The zero-order valence-electron chi connectivity index (χ0n) is 10.9. The van der Waals surface area contributed by atoms with E-state index < -0.39 is 3.42 Å². The number of carbonyl (C=O) groups is 1. The summed E-state index contributed by atoms with van der Waals surface area (Å²) in [6.07, 6.45) is 4.15. The van der Waals surface area contributed by atoms with Crippen LogP contribution in [0.2, 0.25) is 0 Å². The molecule has 1 aliphatic rings. The lowest BCUT2D eigenvalue weighted by molar-refractivity contribution is -0.110. The summed E-state index contributed by atoms with van der Waals surface area (Å²) >= 11 is 2.08. The van der Waals surface area contributed by atoms with Crippen LogP contribution in [0.15, 0.2) is 23.7 Å². The summed E-state index contributed by atoms with van der Waals surface area (Å²) in [5.41, 5.74) is 0. The van der Waals surface area contributed by atoms with Crippen LogP contribution in [0, 0.1) is 0 Å². The SMILES string of the molecule is CCOC1=CC(OCC)C(I)(C=O)C=C1OCC. The number of ether oxygens (including phenoxy) is 3. The molecule has 0 saturated carbocycles. The number of hydrogen-bond acceptors (Lipinski definition) is 4. The normalized spacial score (nSPS) is 27.2. The molecule has 2 atom stereocenters. The van der Waals surface area contributed by atoms with Gasteiger partial charge >= 0.3 is 0 Å². The van der Waals surface area contributed by atoms with Crippen LogP contribution in [0.25, 0.3) is 0 Å². The van der Waals surface area contributed by atoms with E-state index in [1.54, 1.807) is 6.08 Å². The topological polar surface area (TPSA) is 44.8 Å². The van der Waals surface area contributed by atoms with Crippen LogP contribution in [0.4, 0.5) is 0 Å². The fourth-order valence-electron chi connectivity index (χ4n) is 1.70. The number of halogens is 1. The Hall–Kier alpha value is -0.560. The Morgan fingerprint density at radius 1 is 1.22 bits per heavy atom. The molecule has 2 unspecified atom stereocenters. The molecule has 0 fully saturated rings. The van der Waals surface area contributed by atoms with E-state index in [4.69, 9.17) is 14.2 Å². The van der Waals surface area contributed by atoms with E-state index >= 15 is 0 Å². The Balaban J connectivity index is 3.05. The van der Waals surface area contributed by atoms with Crippen molar-refractivity contribution >= 4 is 28.9 Å². The van der Waals surface area contributed by atoms with Gasteiger partial charge in [-0.25, -0.2) is 0 Å². The molecule has 0 aromatic rings. The summed E-state index contributed by atoms with van der Waals surface area (Å²) in [6, 6.07) is 0. The van der Waals surface area contributed by atoms with Crippen molar-refractivity contribution in [3.63, 3.8) is 0 Å². The van der Waals surface area contributed by atoms with Crippen molar-refractivity contribution in [3.8, 4) is 0 Å². The fourth-order valence-corrected chi connectivity index (χ4v) is 2.34. The lowest BCUT2D eigenvalue weighted by Crippen LogP contribution is -2.40. The summed E-state index contributed by atoms with van der Waals surface area (Å²) in [4.78, 5) is 11.3. The average molecular weight is 366 g/mol. The number of rotatable bonds is 7. The van der Waals surface area contributed by atoms with E-state index in [1.807, 2.05) is 26.8 Å². The van der Waals surface area contributed by atoms with Crippen molar-refractivity contribution in [2.75, 3.05) is 19.8 Å². The quantitative estimate of drug-likeness (QED) is 0.395. The lowest BCUT2D eigenvalue weighted by Gasteiger charge is -2.31. The van der Waals surface area contributed by atoms with Crippen LogP contribution in [-0.4, -0.2) is 35.6 Å². The standard InChI is InChI=1S/C13H19IO4/c1-4-16-10-7-12(18-6-3)13(14,9-15)8-11(10)17-5-2/h7-9,12H,4-6H2,1-3H3. The first-order chi connectivity index (χ1) is 8.61. The summed E-state index contributed by atoms with van der Waals surface area (Å²) in [5, 5.41) is 0. The molecule has 0 heterocycles. The molecule has 4 nitrogen and oxygen atoms in total. The van der Waals surface area contributed by atoms with Gasteiger partial charge in [-0.1, -0.05) is 22.6 Å². The highest BCUT2D eigenvalue weighted by atomic mass is 127. The van der Waals surface area contributed by atoms with Gasteiger partial charge in [0.05, 0.1) is 13.2 Å². The average Bonchev–Trinajstić information content (AvgIpc) is 2.35. The van der Waals surface area contributed by atoms with Crippen molar-refractivity contribution in [2.45, 2.75) is 30.3 Å². The zero-order valence-corrected chi connectivity index (χ0v) is 13.1. The van der Waals surface area contributed by atoms with Gasteiger partial charge in [0.15, 0.2) is 11.5 Å². The third-order valence-corrected chi connectivity index (χ3v) is 3.64. The second kappa shape index (κ2) is 7.13. The molecule has 0 aromatic heterocycles. The number of aldehydes is 1. The molecule has 0 radical (unpaired) electrons. The first-order valence-corrected chi connectivity index (χ1v) is 7.16. The number of alkyl halides is 1. The lowest BCUT2D eigenvalue weighted by atomic mass is 9.97. The van der Waals surface area contributed by atoms with Gasteiger partial charge in [0.2, 0.25) is 0 Å². The Labute approximate surface area is 121 Å². The maximum Gasteiger partial charge on any atom is 0.159 e. The highest BCUT2D eigenvalue weighted by Gasteiger charge is 2.39. The third kappa shape index (κ3) is 3.47. The molecule has 0 saturated heterocycles. The van der Waals surface area contributed by atoms with Gasteiger partial charge in [-0.3, -0.25) is 0 Å². The van der Waals surface area contributed by atoms with Crippen LogP contribution in [-0.2, 0) is 19.0 Å². The van der Waals surface area contributed by atoms with E-state index in [9.17, 15) is 4.79 Å². The summed E-state index contributed by atoms with van der Waals surface area (Å²) in [5.74, 6) is 1.25. The van der Waals surface area contributed by atoms with Crippen molar-refractivity contribution in [1.29, 1.82) is 0 Å². The van der Waals surface area contributed by atoms with E-state index in [0.717, 1.165) is 6.29 Å². The first-order valence-electron chi connectivity index (χ1n) is 6.08. The van der Waals surface area contributed by atoms with E-state index in [2.05, 4.69) is 22.6 Å². The van der Waals surface area contributed by atoms with Crippen molar-refractivity contribution < 1.29 is 19.0 Å². The molecule has 1 aliphatic carbocycles. The molecule has 5 heteroatoms. The Morgan fingerprint density at radius 2 is 1.83 bits per heavy atom. The molecular formula is C13H19IO4. The molecule has 102 valence electrons. The predicted octanol–water partition coefficient (Wildman–Crippen LogP) is 2.62. The first kappa shape index (κ1) is 15.5.